The summed E-state index contributed by atoms with van der Waals surface area (Å²) in [5.41, 5.74) is 2.38. The Hall–Kier alpha value is -1.71. The number of hydrogen-bond acceptors (Lipinski definition) is 2. The second-order valence-electron chi connectivity index (χ2n) is 4.91. The highest BCUT2D eigenvalue weighted by Crippen LogP contribution is 2.11. The number of anilines is 1. The summed E-state index contributed by atoms with van der Waals surface area (Å²) < 4.78 is 4.19. The molecule has 0 aliphatic carbocycles. The fourth-order valence-electron chi connectivity index (χ4n) is 1.91. The Morgan fingerprint density at radius 3 is 2.83 bits per heavy atom. The van der Waals surface area contributed by atoms with Gasteiger partial charge in [-0.25, -0.2) is 0 Å². The van der Waals surface area contributed by atoms with Crippen LogP contribution in [-0.2, 0) is 13.1 Å². The van der Waals surface area contributed by atoms with E-state index in [9.17, 15) is 0 Å². The van der Waals surface area contributed by atoms with Gasteiger partial charge >= 0.3 is 0 Å². The van der Waals surface area contributed by atoms with E-state index < -0.39 is 0 Å². The van der Waals surface area contributed by atoms with Crippen molar-refractivity contribution >= 4 is 5.69 Å². The van der Waals surface area contributed by atoms with Gasteiger partial charge in [0.2, 0.25) is 0 Å². The van der Waals surface area contributed by atoms with Gasteiger partial charge in [0.1, 0.15) is 0 Å². The summed E-state index contributed by atoms with van der Waals surface area (Å²) in [4.78, 5) is 0. The molecule has 0 bridgehead atoms. The monoisotopic (exact) mass is 246 g/mol. The van der Waals surface area contributed by atoms with Crippen LogP contribution in [0.2, 0.25) is 0 Å². The number of nitrogens with one attached hydrogen (secondary N) is 1. The fourth-order valence-corrected chi connectivity index (χ4v) is 1.91. The lowest BCUT2D eigenvalue weighted by Crippen LogP contribution is -2.01. The lowest BCUT2D eigenvalue weighted by molar-refractivity contribution is 0.532. The molecule has 0 atom stereocenters. The molecule has 2 heterocycles. The highest BCUT2D eigenvalue weighted by Gasteiger charge is 2.02. The lowest BCUT2D eigenvalue weighted by Gasteiger charge is -2.04. The lowest BCUT2D eigenvalue weighted by atomic mass is 10.3. The normalized spacial score (nSPS) is 11.1. The molecule has 2 rings (SSSR count). The molecule has 4 heteroatoms. The van der Waals surface area contributed by atoms with Crippen molar-refractivity contribution in [2.75, 3.05) is 5.32 Å². The van der Waals surface area contributed by atoms with Crippen LogP contribution in [0.15, 0.2) is 30.9 Å². The summed E-state index contributed by atoms with van der Waals surface area (Å²) in [5, 5.41) is 7.71. The first-order chi connectivity index (χ1) is 8.69. The first-order valence-corrected chi connectivity index (χ1v) is 6.61. The fraction of sp³-hybridized carbons (Fsp3) is 0.500. The topological polar surface area (TPSA) is 34.8 Å². The van der Waals surface area contributed by atoms with E-state index >= 15 is 0 Å². The van der Waals surface area contributed by atoms with E-state index in [2.05, 4.69) is 54.2 Å². The Labute approximate surface area is 109 Å². The molecule has 18 heavy (non-hydrogen) atoms. The van der Waals surface area contributed by atoms with Crippen LogP contribution in [0.3, 0.4) is 0 Å². The minimum Gasteiger partial charge on any atom is -0.378 e. The second-order valence-corrected chi connectivity index (χ2v) is 4.91. The van der Waals surface area contributed by atoms with Crippen molar-refractivity contribution in [3.05, 3.63) is 36.4 Å². The average Bonchev–Trinajstić information content (AvgIpc) is 2.95. The molecule has 0 amide bonds. The maximum absolute atomic E-state index is 4.31. The van der Waals surface area contributed by atoms with Gasteiger partial charge in [-0.15, -0.1) is 0 Å². The molecule has 0 saturated carbocycles. The minimum atomic E-state index is 0.409. The molecule has 0 radical (unpaired) electrons. The van der Waals surface area contributed by atoms with E-state index in [-0.39, 0.29) is 0 Å². The van der Waals surface area contributed by atoms with Crippen molar-refractivity contribution in [2.45, 2.75) is 46.3 Å². The standard InChI is InChI=1S/C14H22N4/c1-4-6-17-7-5-13(10-17)8-15-14-9-16-18(11-14)12(2)3/h5,7,9-12,15H,4,6,8H2,1-3H3. The van der Waals surface area contributed by atoms with Gasteiger partial charge in [0.15, 0.2) is 0 Å². The van der Waals surface area contributed by atoms with E-state index in [0.29, 0.717) is 6.04 Å². The van der Waals surface area contributed by atoms with Crippen LogP contribution in [0.1, 0.15) is 38.8 Å². The molecule has 2 aromatic heterocycles. The van der Waals surface area contributed by atoms with Crippen molar-refractivity contribution in [1.82, 2.24) is 14.3 Å². The van der Waals surface area contributed by atoms with Gasteiger partial charge in [0.25, 0.3) is 0 Å². The van der Waals surface area contributed by atoms with Crippen LogP contribution in [0.5, 0.6) is 0 Å². The molecule has 2 aromatic rings. The Bertz CT molecular complexity index is 481. The van der Waals surface area contributed by atoms with Crippen LogP contribution in [0.4, 0.5) is 5.69 Å². The molecule has 98 valence electrons. The summed E-state index contributed by atoms with van der Waals surface area (Å²) in [6.45, 7) is 8.38. The molecule has 4 nitrogen and oxygen atoms in total. The van der Waals surface area contributed by atoms with Crippen molar-refractivity contribution in [3.8, 4) is 0 Å². The zero-order chi connectivity index (χ0) is 13.0. The summed E-state index contributed by atoms with van der Waals surface area (Å²) in [7, 11) is 0. The highest BCUT2D eigenvalue weighted by molar-refractivity contribution is 5.39. The molecule has 0 aromatic carbocycles. The Morgan fingerprint density at radius 1 is 1.33 bits per heavy atom. The number of aryl methyl sites for hydroxylation is 1. The van der Waals surface area contributed by atoms with Gasteiger partial charge in [-0.3, -0.25) is 4.68 Å². The molecule has 0 aliphatic rings. The summed E-state index contributed by atoms with van der Waals surface area (Å²) in [5.74, 6) is 0. The number of nitrogens with zero attached hydrogens (tertiary/aromatic N) is 3. The van der Waals surface area contributed by atoms with Gasteiger partial charge in [0.05, 0.1) is 11.9 Å². The summed E-state index contributed by atoms with van der Waals surface area (Å²) >= 11 is 0. The Balaban J connectivity index is 1.89. The number of hydrogen-bond donors (Lipinski definition) is 1. The third-order valence-electron chi connectivity index (χ3n) is 2.92. The maximum atomic E-state index is 4.31. The van der Waals surface area contributed by atoms with E-state index in [1.54, 1.807) is 0 Å². The highest BCUT2D eigenvalue weighted by atomic mass is 15.3. The smallest absolute Gasteiger partial charge is 0.0729 e. The third-order valence-corrected chi connectivity index (χ3v) is 2.92. The maximum Gasteiger partial charge on any atom is 0.0729 e. The van der Waals surface area contributed by atoms with Crippen LogP contribution >= 0.6 is 0 Å². The average molecular weight is 246 g/mol. The van der Waals surface area contributed by atoms with Crippen molar-refractivity contribution < 1.29 is 0 Å². The van der Waals surface area contributed by atoms with E-state index in [4.69, 9.17) is 0 Å². The van der Waals surface area contributed by atoms with Crippen LogP contribution in [0, 0.1) is 0 Å². The Morgan fingerprint density at radius 2 is 2.17 bits per heavy atom. The van der Waals surface area contributed by atoms with Crippen molar-refractivity contribution in [2.24, 2.45) is 0 Å². The van der Waals surface area contributed by atoms with Crippen LogP contribution in [0.25, 0.3) is 0 Å². The summed E-state index contributed by atoms with van der Waals surface area (Å²) in [6, 6.07) is 2.57. The molecule has 0 unspecified atom stereocenters. The quantitative estimate of drug-likeness (QED) is 0.848. The largest absolute Gasteiger partial charge is 0.378 e. The minimum absolute atomic E-state index is 0.409. The molecule has 0 spiro atoms. The molecule has 0 fully saturated rings. The van der Waals surface area contributed by atoms with Gasteiger partial charge < -0.3 is 9.88 Å². The van der Waals surface area contributed by atoms with E-state index in [1.165, 1.54) is 12.0 Å². The van der Waals surface area contributed by atoms with Gasteiger partial charge in [0, 0.05) is 37.7 Å². The zero-order valence-electron chi connectivity index (χ0n) is 11.4. The van der Waals surface area contributed by atoms with Gasteiger partial charge in [-0.05, 0) is 31.9 Å². The predicted molar refractivity (Wildman–Crippen MR) is 74.7 cm³/mol. The molecule has 1 N–H and O–H groups in total. The van der Waals surface area contributed by atoms with Gasteiger partial charge in [-0.2, -0.15) is 5.10 Å². The molecular formula is C14H22N4. The molecule has 0 aliphatic heterocycles. The number of aromatic nitrogens is 3. The van der Waals surface area contributed by atoms with Crippen molar-refractivity contribution in [3.63, 3.8) is 0 Å². The third kappa shape index (κ3) is 3.15. The second kappa shape index (κ2) is 5.76. The van der Waals surface area contributed by atoms with E-state index in [0.717, 1.165) is 18.8 Å². The first kappa shape index (κ1) is 12.7. The van der Waals surface area contributed by atoms with Crippen LogP contribution < -0.4 is 5.32 Å². The number of rotatable bonds is 6. The molecule has 0 saturated heterocycles. The molecular weight excluding hydrogens is 224 g/mol. The van der Waals surface area contributed by atoms with Gasteiger partial charge in [-0.1, -0.05) is 6.92 Å². The zero-order valence-corrected chi connectivity index (χ0v) is 11.4. The first-order valence-electron chi connectivity index (χ1n) is 6.61. The summed E-state index contributed by atoms with van der Waals surface area (Å²) in [6.07, 6.45) is 9.43. The van der Waals surface area contributed by atoms with Crippen LogP contribution in [-0.4, -0.2) is 14.3 Å². The predicted octanol–water partition coefficient (Wildman–Crippen LogP) is 3.29. The van der Waals surface area contributed by atoms with E-state index in [1.807, 2.05) is 17.1 Å². The van der Waals surface area contributed by atoms with Crippen molar-refractivity contribution in [1.29, 1.82) is 0 Å². The SMILES string of the molecule is CCCn1ccc(CNc2cnn(C(C)C)c2)c1. The Kier molecular flexibility index (Phi) is 4.07.